The Kier molecular flexibility index (Phi) is 4.69. The second-order valence-electron chi connectivity index (χ2n) is 8.87. The zero-order valence-corrected chi connectivity index (χ0v) is 17.2. The third-order valence-corrected chi connectivity index (χ3v) is 5.61. The summed E-state index contributed by atoms with van der Waals surface area (Å²) in [6, 6.07) is 9.20. The van der Waals surface area contributed by atoms with Crippen molar-refractivity contribution in [1.82, 2.24) is 15.0 Å². The fourth-order valence-electron chi connectivity index (χ4n) is 3.55. The van der Waals surface area contributed by atoms with Gasteiger partial charge in [-0.25, -0.2) is 14.4 Å². The van der Waals surface area contributed by atoms with E-state index in [2.05, 4.69) is 4.98 Å². The van der Waals surface area contributed by atoms with Gasteiger partial charge >= 0.3 is 0 Å². The van der Waals surface area contributed by atoms with Crippen molar-refractivity contribution in [3.05, 3.63) is 63.8 Å². The molecule has 3 N–H and O–H groups in total. The number of aromatic nitrogens is 3. The molecule has 30 heavy (non-hydrogen) atoms. The predicted molar refractivity (Wildman–Crippen MR) is 113 cm³/mol. The van der Waals surface area contributed by atoms with Crippen LogP contribution in [0.15, 0.2) is 36.4 Å². The van der Waals surface area contributed by atoms with E-state index in [1.807, 2.05) is 20.8 Å². The summed E-state index contributed by atoms with van der Waals surface area (Å²) < 4.78 is 13.5. The van der Waals surface area contributed by atoms with E-state index in [0.29, 0.717) is 29.3 Å². The lowest BCUT2D eigenvalue weighted by atomic mass is 9.96. The number of H-pyrrole nitrogens is 1. The van der Waals surface area contributed by atoms with E-state index >= 15 is 0 Å². The summed E-state index contributed by atoms with van der Waals surface area (Å²) in [5, 5.41) is 11.6. The number of hydrogen-bond donors (Lipinski definition) is 2. The highest BCUT2D eigenvalue weighted by Crippen LogP contribution is 2.50. The first-order chi connectivity index (χ1) is 14.1. The van der Waals surface area contributed by atoms with Crippen molar-refractivity contribution in [2.75, 3.05) is 6.54 Å². The van der Waals surface area contributed by atoms with Crippen molar-refractivity contribution in [3.8, 4) is 22.6 Å². The van der Waals surface area contributed by atoms with Gasteiger partial charge in [-0.1, -0.05) is 20.8 Å². The molecule has 0 radical (unpaired) electrons. The van der Waals surface area contributed by atoms with Crippen LogP contribution in [0.25, 0.3) is 22.6 Å². The van der Waals surface area contributed by atoms with Gasteiger partial charge in [0.2, 0.25) is 0 Å². The number of halogens is 1. The molecule has 0 unspecified atom stereocenters. The fraction of sp³-hybridized carbons (Fsp3) is 0.364. The van der Waals surface area contributed by atoms with Crippen LogP contribution in [-0.4, -0.2) is 26.4 Å². The Morgan fingerprint density at radius 3 is 2.37 bits per heavy atom. The van der Waals surface area contributed by atoms with Crippen molar-refractivity contribution < 1.29 is 9.31 Å². The maximum Gasteiger partial charge on any atom is 0.291 e. The summed E-state index contributed by atoms with van der Waals surface area (Å²) in [6.07, 6.45) is 1.56. The molecule has 0 saturated heterocycles. The number of hydrogen-bond acceptors (Lipinski definition) is 5. The van der Waals surface area contributed by atoms with E-state index in [9.17, 15) is 14.5 Å². The highest BCUT2D eigenvalue weighted by atomic mass is 19.1. The first-order valence-corrected chi connectivity index (χ1v) is 9.87. The number of imidazole rings is 1. The van der Waals surface area contributed by atoms with E-state index in [1.54, 1.807) is 18.2 Å². The highest BCUT2D eigenvalue weighted by molar-refractivity contribution is 5.77. The molecule has 0 atom stereocenters. The number of nitro groups is 1. The number of aromatic amines is 1. The summed E-state index contributed by atoms with van der Waals surface area (Å²) in [5.41, 5.74) is 8.21. The van der Waals surface area contributed by atoms with Crippen LogP contribution in [-0.2, 0) is 10.8 Å². The third kappa shape index (κ3) is 3.47. The predicted octanol–water partition coefficient (Wildman–Crippen LogP) is 4.47. The molecule has 156 valence electrons. The van der Waals surface area contributed by atoms with Gasteiger partial charge in [0.25, 0.3) is 5.69 Å². The van der Waals surface area contributed by atoms with Gasteiger partial charge in [0.05, 0.1) is 22.0 Å². The van der Waals surface area contributed by atoms with Gasteiger partial charge in [0, 0.05) is 29.0 Å². The van der Waals surface area contributed by atoms with Gasteiger partial charge in [-0.15, -0.1) is 0 Å². The monoisotopic (exact) mass is 409 g/mol. The molecule has 3 aromatic rings. The Balaban J connectivity index is 1.92. The molecule has 4 rings (SSSR count). The average molecular weight is 409 g/mol. The van der Waals surface area contributed by atoms with Crippen LogP contribution in [0.4, 0.5) is 10.1 Å². The van der Waals surface area contributed by atoms with Gasteiger partial charge in [-0.2, -0.15) is 0 Å². The van der Waals surface area contributed by atoms with Crippen LogP contribution in [0.2, 0.25) is 0 Å². The van der Waals surface area contributed by atoms with Gasteiger partial charge < -0.3 is 10.7 Å². The number of rotatable bonds is 5. The minimum atomic E-state index is -0.443. The van der Waals surface area contributed by atoms with Crippen molar-refractivity contribution in [2.45, 2.75) is 44.4 Å². The summed E-state index contributed by atoms with van der Waals surface area (Å²) in [7, 11) is 0. The van der Waals surface area contributed by atoms with Crippen LogP contribution in [0, 0.1) is 15.9 Å². The molecular formula is C22H24FN5O2. The van der Waals surface area contributed by atoms with Gasteiger partial charge in [-0.3, -0.25) is 10.1 Å². The maximum atomic E-state index is 13.5. The Morgan fingerprint density at radius 2 is 1.83 bits per heavy atom. The van der Waals surface area contributed by atoms with Crippen molar-refractivity contribution in [3.63, 3.8) is 0 Å². The molecular weight excluding hydrogens is 385 g/mol. The van der Waals surface area contributed by atoms with Crippen molar-refractivity contribution in [2.24, 2.45) is 5.73 Å². The highest BCUT2D eigenvalue weighted by Gasteiger charge is 2.48. The zero-order chi connectivity index (χ0) is 21.7. The van der Waals surface area contributed by atoms with Crippen molar-refractivity contribution >= 4 is 5.69 Å². The summed E-state index contributed by atoms with van der Waals surface area (Å²) >= 11 is 0. The maximum absolute atomic E-state index is 13.5. The first-order valence-electron chi connectivity index (χ1n) is 9.87. The van der Waals surface area contributed by atoms with E-state index < -0.39 is 10.3 Å². The van der Waals surface area contributed by atoms with Crippen LogP contribution in [0.3, 0.4) is 0 Å². The average Bonchev–Trinajstić information content (AvgIpc) is 3.37. The van der Waals surface area contributed by atoms with E-state index in [0.717, 1.165) is 24.2 Å². The van der Waals surface area contributed by atoms with Crippen LogP contribution < -0.4 is 5.73 Å². The van der Waals surface area contributed by atoms with Crippen LogP contribution in [0.1, 0.15) is 45.1 Å². The van der Waals surface area contributed by atoms with E-state index in [-0.39, 0.29) is 16.9 Å². The molecule has 8 heteroatoms. The molecule has 1 fully saturated rings. The van der Waals surface area contributed by atoms with Gasteiger partial charge in [0.1, 0.15) is 17.3 Å². The topological polar surface area (TPSA) is 111 Å². The SMILES string of the molecule is CC(C)(C)c1nc(-c2ccc(F)cc2)c(-c2ccc([N+](=O)[O-])c(C3(CN)CC3)n2)[nH]1. The van der Waals surface area contributed by atoms with E-state index in [4.69, 9.17) is 15.7 Å². The lowest BCUT2D eigenvalue weighted by Gasteiger charge is -2.14. The Hall–Kier alpha value is -3.13. The zero-order valence-electron chi connectivity index (χ0n) is 17.2. The molecule has 1 aliphatic carbocycles. The molecule has 0 aliphatic heterocycles. The molecule has 2 aromatic heterocycles. The largest absolute Gasteiger partial charge is 0.340 e. The Bertz CT molecular complexity index is 1110. The normalized spacial score (nSPS) is 15.2. The Morgan fingerprint density at radius 1 is 1.17 bits per heavy atom. The molecule has 1 saturated carbocycles. The number of pyridine rings is 1. The van der Waals surface area contributed by atoms with Crippen LogP contribution >= 0.6 is 0 Å². The summed E-state index contributed by atoms with van der Waals surface area (Å²) in [6.45, 7) is 6.41. The summed E-state index contributed by atoms with van der Waals surface area (Å²) in [5.74, 6) is 0.416. The summed E-state index contributed by atoms with van der Waals surface area (Å²) in [4.78, 5) is 24.0. The quantitative estimate of drug-likeness (QED) is 0.477. The number of benzene rings is 1. The first kappa shape index (κ1) is 20.2. The number of nitrogens with zero attached hydrogens (tertiary/aromatic N) is 3. The number of nitrogens with two attached hydrogens (primary N) is 1. The standard InChI is InChI=1S/C22H24FN5O2/c1-21(2,3)20-26-17(13-4-6-14(23)7-5-13)18(27-20)15-8-9-16(28(29)30)19(25-15)22(12-24)10-11-22/h4-9H,10-12,24H2,1-3H3,(H,26,27). The second-order valence-corrected chi connectivity index (χ2v) is 8.87. The van der Waals surface area contributed by atoms with Crippen LogP contribution in [0.5, 0.6) is 0 Å². The van der Waals surface area contributed by atoms with Gasteiger partial charge in [-0.05, 0) is 43.2 Å². The minimum absolute atomic E-state index is 0.0133. The van der Waals surface area contributed by atoms with Gasteiger partial charge in [0.15, 0.2) is 0 Å². The molecule has 0 bridgehead atoms. The fourth-order valence-corrected chi connectivity index (χ4v) is 3.55. The third-order valence-electron chi connectivity index (χ3n) is 5.61. The smallest absolute Gasteiger partial charge is 0.291 e. The second kappa shape index (κ2) is 6.98. The molecule has 0 amide bonds. The molecule has 1 aromatic carbocycles. The molecule has 1 aliphatic rings. The Labute approximate surface area is 173 Å². The molecule has 2 heterocycles. The van der Waals surface area contributed by atoms with E-state index in [1.165, 1.54) is 18.2 Å². The lowest BCUT2D eigenvalue weighted by Crippen LogP contribution is -2.22. The van der Waals surface area contributed by atoms with Crippen molar-refractivity contribution in [1.29, 1.82) is 0 Å². The molecule has 7 nitrogen and oxygen atoms in total. The molecule has 0 spiro atoms. The number of nitrogens with one attached hydrogen (secondary N) is 1. The lowest BCUT2D eigenvalue weighted by molar-refractivity contribution is -0.386. The minimum Gasteiger partial charge on any atom is -0.340 e.